The molecule has 0 fully saturated rings. The van der Waals surface area contributed by atoms with E-state index in [1.54, 1.807) is 6.08 Å². The van der Waals surface area contributed by atoms with Crippen LogP contribution in [0.25, 0.3) is 5.57 Å². The van der Waals surface area contributed by atoms with Crippen molar-refractivity contribution in [2.45, 2.75) is 19.8 Å². The van der Waals surface area contributed by atoms with Gasteiger partial charge >= 0.3 is 0 Å². The van der Waals surface area contributed by atoms with Gasteiger partial charge in [-0.2, -0.15) is 0 Å². The molecule has 0 spiro atoms. The number of rotatable bonds is 2. The molecule has 3 nitrogen and oxygen atoms in total. The number of nitrogens with zero attached hydrogens (tertiary/aromatic N) is 1. The SMILES string of the molecule is Cc1ccc(C2=CC=C([N+](=O)[O-])CC2)cc1. The Hall–Kier alpha value is -1.90. The van der Waals surface area contributed by atoms with Crippen molar-refractivity contribution in [3.05, 3.63) is 63.4 Å². The molecule has 0 saturated carbocycles. The zero-order valence-electron chi connectivity index (χ0n) is 9.14. The summed E-state index contributed by atoms with van der Waals surface area (Å²) in [6.07, 6.45) is 4.73. The van der Waals surface area contributed by atoms with Crippen LogP contribution in [0, 0.1) is 17.0 Å². The van der Waals surface area contributed by atoms with Crippen molar-refractivity contribution in [1.82, 2.24) is 0 Å². The molecule has 0 heterocycles. The molecule has 2 rings (SSSR count). The van der Waals surface area contributed by atoms with Crippen LogP contribution in [0.1, 0.15) is 24.0 Å². The largest absolute Gasteiger partial charge is 0.259 e. The summed E-state index contributed by atoms with van der Waals surface area (Å²) in [5.74, 6) is 0. The second-order valence-corrected chi connectivity index (χ2v) is 3.97. The first kappa shape index (κ1) is 10.6. The van der Waals surface area contributed by atoms with Crippen LogP contribution < -0.4 is 0 Å². The van der Waals surface area contributed by atoms with Crippen LogP contribution in [-0.2, 0) is 0 Å². The Morgan fingerprint density at radius 1 is 1.12 bits per heavy atom. The summed E-state index contributed by atoms with van der Waals surface area (Å²) in [6.45, 7) is 2.05. The lowest BCUT2D eigenvalue weighted by Crippen LogP contribution is -2.02. The molecular weight excluding hydrogens is 202 g/mol. The maximum atomic E-state index is 10.6. The zero-order chi connectivity index (χ0) is 11.5. The van der Waals surface area contributed by atoms with Crippen molar-refractivity contribution in [3.63, 3.8) is 0 Å². The smallest absolute Gasteiger partial charge is 0.246 e. The number of nitro groups is 1. The molecule has 16 heavy (non-hydrogen) atoms. The van der Waals surface area contributed by atoms with Crippen LogP contribution in [0.5, 0.6) is 0 Å². The highest BCUT2D eigenvalue weighted by Gasteiger charge is 2.15. The van der Waals surface area contributed by atoms with Gasteiger partial charge in [0.2, 0.25) is 5.70 Å². The van der Waals surface area contributed by atoms with Gasteiger partial charge in [0.1, 0.15) is 0 Å². The van der Waals surface area contributed by atoms with Gasteiger partial charge in [-0.1, -0.05) is 35.9 Å². The molecule has 1 aliphatic rings. The number of hydrogen-bond donors (Lipinski definition) is 0. The Labute approximate surface area is 94.3 Å². The number of benzene rings is 1. The van der Waals surface area contributed by atoms with Crippen LogP contribution in [0.3, 0.4) is 0 Å². The van der Waals surface area contributed by atoms with E-state index in [1.807, 2.05) is 13.0 Å². The highest BCUT2D eigenvalue weighted by atomic mass is 16.6. The molecule has 0 saturated heterocycles. The molecule has 0 amide bonds. The minimum absolute atomic E-state index is 0.302. The first-order chi connectivity index (χ1) is 7.66. The molecule has 1 aromatic rings. The first-order valence-corrected chi connectivity index (χ1v) is 5.28. The van der Waals surface area contributed by atoms with Crippen LogP contribution in [-0.4, -0.2) is 4.92 Å². The van der Waals surface area contributed by atoms with E-state index in [0.29, 0.717) is 12.1 Å². The van der Waals surface area contributed by atoms with Crippen molar-refractivity contribution >= 4 is 5.57 Å². The third-order valence-corrected chi connectivity index (χ3v) is 2.78. The Balaban J connectivity index is 2.24. The van der Waals surface area contributed by atoms with E-state index in [1.165, 1.54) is 11.1 Å². The normalized spacial score (nSPS) is 15.3. The first-order valence-electron chi connectivity index (χ1n) is 5.28. The fourth-order valence-corrected chi connectivity index (χ4v) is 1.79. The van der Waals surface area contributed by atoms with Gasteiger partial charge in [0.25, 0.3) is 0 Å². The number of allylic oxidation sites excluding steroid dienone is 4. The van der Waals surface area contributed by atoms with Crippen molar-refractivity contribution in [2.24, 2.45) is 0 Å². The topological polar surface area (TPSA) is 43.1 Å². The third-order valence-electron chi connectivity index (χ3n) is 2.78. The van der Waals surface area contributed by atoms with E-state index in [4.69, 9.17) is 0 Å². The van der Waals surface area contributed by atoms with Crippen molar-refractivity contribution in [2.75, 3.05) is 0 Å². The average molecular weight is 215 g/mol. The van der Waals surface area contributed by atoms with Gasteiger partial charge in [-0.25, -0.2) is 0 Å². The fraction of sp³-hybridized carbons (Fsp3) is 0.231. The Morgan fingerprint density at radius 3 is 2.31 bits per heavy atom. The Kier molecular flexibility index (Phi) is 2.86. The molecule has 82 valence electrons. The quantitative estimate of drug-likeness (QED) is 0.561. The molecule has 0 unspecified atom stereocenters. The zero-order valence-corrected chi connectivity index (χ0v) is 9.14. The van der Waals surface area contributed by atoms with Gasteiger partial charge in [0.05, 0.1) is 4.92 Å². The molecule has 0 aliphatic heterocycles. The highest BCUT2D eigenvalue weighted by Crippen LogP contribution is 2.26. The van der Waals surface area contributed by atoms with Crippen LogP contribution in [0.2, 0.25) is 0 Å². The van der Waals surface area contributed by atoms with Crippen LogP contribution in [0.15, 0.2) is 42.1 Å². The second kappa shape index (κ2) is 4.31. The van der Waals surface area contributed by atoms with Crippen LogP contribution in [0.4, 0.5) is 0 Å². The monoisotopic (exact) mass is 215 g/mol. The van der Waals surface area contributed by atoms with Crippen molar-refractivity contribution in [1.29, 1.82) is 0 Å². The molecule has 1 aromatic carbocycles. The van der Waals surface area contributed by atoms with Gasteiger partial charge in [-0.15, -0.1) is 0 Å². The van der Waals surface area contributed by atoms with E-state index in [0.717, 1.165) is 12.0 Å². The summed E-state index contributed by atoms with van der Waals surface area (Å²) in [4.78, 5) is 10.2. The lowest BCUT2D eigenvalue weighted by Gasteiger charge is -2.10. The lowest BCUT2D eigenvalue weighted by atomic mass is 9.95. The molecule has 0 atom stereocenters. The summed E-state index contributed by atoms with van der Waals surface area (Å²) >= 11 is 0. The Morgan fingerprint density at radius 2 is 1.81 bits per heavy atom. The summed E-state index contributed by atoms with van der Waals surface area (Å²) in [5.41, 5.74) is 3.85. The highest BCUT2D eigenvalue weighted by molar-refractivity contribution is 5.68. The van der Waals surface area contributed by atoms with E-state index >= 15 is 0 Å². The number of hydrogen-bond acceptors (Lipinski definition) is 2. The van der Waals surface area contributed by atoms with Gasteiger partial charge in [-0.3, -0.25) is 10.1 Å². The lowest BCUT2D eigenvalue weighted by molar-refractivity contribution is -0.427. The predicted molar refractivity (Wildman–Crippen MR) is 63.5 cm³/mol. The predicted octanol–water partition coefficient (Wildman–Crippen LogP) is 3.33. The fourth-order valence-electron chi connectivity index (χ4n) is 1.79. The molecule has 0 radical (unpaired) electrons. The van der Waals surface area contributed by atoms with Crippen molar-refractivity contribution in [3.8, 4) is 0 Å². The van der Waals surface area contributed by atoms with Crippen molar-refractivity contribution < 1.29 is 4.92 Å². The molecule has 3 heteroatoms. The van der Waals surface area contributed by atoms with Gasteiger partial charge in [-0.05, 0) is 24.5 Å². The summed E-state index contributed by atoms with van der Waals surface area (Å²) in [6, 6.07) is 8.24. The summed E-state index contributed by atoms with van der Waals surface area (Å²) < 4.78 is 0. The average Bonchev–Trinajstić information content (AvgIpc) is 2.30. The maximum Gasteiger partial charge on any atom is 0.246 e. The minimum Gasteiger partial charge on any atom is -0.259 e. The summed E-state index contributed by atoms with van der Waals surface area (Å²) in [7, 11) is 0. The molecular formula is C13H13NO2. The van der Waals surface area contributed by atoms with Crippen LogP contribution >= 0.6 is 0 Å². The van der Waals surface area contributed by atoms with Gasteiger partial charge < -0.3 is 0 Å². The standard InChI is InChI=1S/C13H13NO2/c1-10-2-4-11(5-3-10)12-6-8-13(9-7-12)14(15)16/h2-6,8H,7,9H2,1H3. The van der Waals surface area contributed by atoms with Gasteiger partial charge in [0, 0.05) is 12.5 Å². The third kappa shape index (κ3) is 2.19. The molecule has 0 aromatic heterocycles. The van der Waals surface area contributed by atoms with E-state index < -0.39 is 0 Å². The van der Waals surface area contributed by atoms with E-state index in [9.17, 15) is 10.1 Å². The Bertz CT molecular complexity index is 469. The minimum atomic E-state index is -0.303. The molecule has 0 N–H and O–H groups in total. The van der Waals surface area contributed by atoms with Gasteiger partial charge in [0.15, 0.2) is 0 Å². The second-order valence-electron chi connectivity index (χ2n) is 3.97. The summed E-state index contributed by atoms with van der Waals surface area (Å²) in [5, 5.41) is 10.6. The molecule has 1 aliphatic carbocycles. The van der Waals surface area contributed by atoms with E-state index in [2.05, 4.69) is 24.3 Å². The number of aryl methyl sites for hydroxylation is 1. The maximum absolute atomic E-state index is 10.6. The molecule has 0 bridgehead atoms. The van der Waals surface area contributed by atoms with E-state index in [-0.39, 0.29) is 4.92 Å².